The van der Waals surface area contributed by atoms with Crippen molar-refractivity contribution in [3.05, 3.63) is 24.3 Å². The molecular formula is C25H39N3O7S2. The van der Waals surface area contributed by atoms with Crippen LogP contribution in [0.2, 0.25) is 0 Å². The number of para-hydroxylation sites is 1. The van der Waals surface area contributed by atoms with Gasteiger partial charge >= 0.3 is 5.97 Å². The van der Waals surface area contributed by atoms with E-state index in [2.05, 4.69) is 16.0 Å². The van der Waals surface area contributed by atoms with Gasteiger partial charge < -0.3 is 30.9 Å². The fourth-order valence-corrected chi connectivity index (χ4v) is 5.04. The van der Waals surface area contributed by atoms with Crippen LogP contribution in [-0.2, 0) is 19.2 Å². The Labute approximate surface area is 226 Å². The summed E-state index contributed by atoms with van der Waals surface area (Å²) in [6, 6.07) is 4.23. The second-order valence-corrected chi connectivity index (χ2v) is 11.7. The Morgan fingerprint density at radius 2 is 1.46 bits per heavy atom. The van der Waals surface area contributed by atoms with Gasteiger partial charge in [-0.3, -0.25) is 14.4 Å². The fourth-order valence-electron chi connectivity index (χ4n) is 3.32. The van der Waals surface area contributed by atoms with Gasteiger partial charge in [0.15, 0.2) is 0 Å². The zero-order valence-corrected chi connectivity index (χ0v) is 23.8. The minimum atomic E-state index is -1.43. The van der Waals surface area contributed by atoms with Gasteiger partial charge in [0, 0.05) is 11.7 Å². The van der Waals surface area contributed by atoms with Crippen molar-refractivity contribution in [3.63, 3.8) is 0 Å². The fraction of sp³-hybridized carbons (Fsp3) is 0.600. The van der Waals surface area contributed by atoms with Gasteiger partial charge in [-0.1, -0.05) is 61.4 Å². The van der Waals surface area contributed by atoms with E-state index in [4.69, 9.17) is 4.74 Å². The molecule has 0 aromatic heterocycles. The van der Waals surface area contributed by atoms with Gasteiger partial charge in [0.1, 0.15) is 24.4 Å². The minimum absolute atomic E-state index is 0.261. The molecule has 3 amide bonds. The van der Waals surface area contributed by atoms with Crippen molar-refractivity contribution in [2.45, 2.75) is 77.2 Å². The Hall–Kier alpha value is -2.28. The van der Waals surface area contributed by atoms with E-state index < -0.39 is 54.5 Å². The summed E-state index contributed by atoms with van der Waals surface area (Å²) in [6.07, 6.45) is -1.99. The molecule has 0 radical (unpaired) electrons. The monoisotopic (exact) mass is 557 g/mol. The number of esters is 1. The predicted molar refractivity (Wildman–Crippen MR) is 145 cm³/mol. The number of nitrogens with one attached hydrogen (secondary N) is 3. The summed E-state index contributed by atoms with van der Waals surface area (Å²) in [6.45, 7) is 9.78. The highest BCUT2D eigenvalue weighted by Crippen LogP contribution is 2.37. The van der Waals surface area contributed by atoms with Crippen LogP contribution in [-0.4, -0.2) is 70.5 Å². The first-order valence-corrected chi connectivity index (χ1v) is 14.5. The molecule has 5 N–H and O–H groups in total. The van der Waals surface area contributed by atoms with E-state index in [0.29, 0.717) is 12.2 Å². The summed E-state index contributed by atoms with van der Waals surface area (Å²) < 4.78 is 5.36. The third kappa shape index (κ3) is 11.8. The smallest absolute Gasteiger partial charge is 0.330 e. The van der Waals surface area contributed by atoms with Crippen LogP contribution in [0.5, 0.6) is 5.75 Å². The Morgan fingerprint density at radius 1 is 0.892 bits per heavy atom. The van der Waals surface area contributed by atoms with E-state index in [9.17, 15) is 29.4 Å². The number of rotatable bonds is 15. The maximum Gasteiger partial charge on any atom is 0.330 e. The molecule has 2 unspecified atom stereocenters. The lowest BCUT2D eigenvalue weighted by atomic mass is 9.97. The summed E-state index contributed by atoms with van der Waals surface area (Å²) >= 11 is 0. The summed E-state index contributed by atoms with van der Waals surface area (Å²) in [7, 11) is 3.05. The first-order valence-electron chi connectivity index (χ1n) is 12.2. The maximum atomic E-state index is 12.8. The number of carbonyl (C=O) groups excluding carboxylic acids is 4. The van der Waals surface area contributed by atoms with Crippen LogP contribution >= 0.6 is 21.6 Å². The van der Waals surface area contributed by atoms with Crippen molar-refractivity contribution in [1.29, 1.82) is 0 Å². The van der Waals surface area contributed by atoms with Crippen molar-refractivity contribution in [2.24, 2.45) is 11.8 Å². The van der Waals surface area contributed by atoms with Crippen LogP contribution < -0.4 is 20.7 Å². The topological polar surface area (TPSA) is 154 Å². The van der Waals surface area contributed by atoms with E-state index in [-0.39, 0.29) is 11.8 Å². The average Bonchev–Trinajstić information content (AvgIpc) is 2.82. The van der Waals surface area contributed by atoms with Gasteiger partial charge in [-0.25, -0.2) is 4.79 Å². The van der Waals surface area contributed by atoms with Crippen LogP contribution in [0, 0.1) is 11.8 Å². The lowest BCUT2D eigenvalue weighted by Crippen LogP contribution is -2.60. The number of hydrogen-bond acceptors (Lipinski definition) is 9. The zero-order valence-electron chi connectivity index (χ0n) is 22.1. The molecule has 208 valence electrons. The van der Waals surface area contributed by atoms with Crippen LogP contribution in [0.4, 0.5) is 0 Å². The molecule has 0 spiro atoms. The molecule has 10 nitrogen and oxygen atoms in total. The molecule has 0 aliphatic carbocycles. The number of ether oxygens (including phenoxy) is 1. The molecule has 1 aromatic rings. The highest BCUT2D eigenvalue weighted by atomic mass is 33.1. The molecule has 1 rings (SSSR count). The van der Waals surface area contributed by atoms with Crippen molar-refractivity contribution in [1.82, 2.24) is 16.0 Å². The van der Waals surface area contributed by atoms with E-state index in [1.165, 1.54) is 24.6 Å². The molecule has 0 saturated carbocycles. The highest BCUT2D eigenvalue weighted by Gasteiger charge is 2.33. The molecule has 0 aliphatic heterocycles. The number of aliphatic hydroxyl groups is 2. The lowest BCUT2D eigenvalue weighted by Gasteiger charge is -2.27. The molecule has 0 fully saturated rings. The lowest BCUT2D eigenvalue weighted by molar-refractivity contribution is -0.138. The third-order valence-corrected chi connectivity index (χ3v) is 7.61. The molecule has 37 heavy (non-hydrogen) atoms. The number of benzene rings is 1. The summed E-state index contributed by atoms with van der Waals surface area (Å²) in [5.74, 6) is -1.71. The first-order chi connectivity index (χ1) is 17.4. The van der Waals surface area contributed by atoms with Crippen LogP contribution in [0.15, 0.2) is 29.2 Å². The molecule has 1 aromatic carbocycles. The number of hydrogen-bond donors (Lipinski definition) is 5. The molecule has 0 aliphatic rings. The second kappa shape index (κ2) is 16.5. The van der Waals surface area contributed by atoms with E-state index in [0.717, 1.165) is 10.6 Å². The Balaban J connectivity index is 2.77. The number of carbonyl (C=O) groups is 4. The molecular weight excluding hydrogens is 518 g/mol. The van der Waals surface area contributed by atoms with Gasteiger partial charge in [-0.15, -0.1) is 0 Å². The largest absolute Gasteiger partial charge is 0.424 e. The minimum Gasteiger partial charge on any atom is -0.424 e. The van der Waals surface area contributed by atoms with Crippen molar-refractivity contribution < 1.29 is 34.1 Å². The predicted octanol–water partition coefficient (Wildman–Crippen LogP) is 1.88. The summed E-state index contributed by atoms with van der Waals surface area (Å²) in [5.41, 5.74) is 0. The second-order valence-electron chi connectivity index (χ2n) is 9.11. The number of amides is 3. The van der Waals surface area contributed by atoms with E-state index in [1.54, 1.807) is 29.9 Å². The van der Waals surface area contributed by atoms with Gasteiger partial charge in [0.25, 0.3) is 0 Å². The quantitative estimate of drug-likeness (QED) is 0.124. The maximum absolute atomic E-state index is 12.8. The van der Waals surface area contributed by atoms with E-state index >= 15 is 0 Å². The van der Waals surface area contributed by atoms with Crippen LogP contribution in [0.25, 0.3) is 0 Å². The first kappa shape index (κ1) is 32.7. The van der Waals surface area contributed by atoms with Crippen LogP contribution in [0.3, 0.4) is 0 Å². The average molecular weight is 558 g/mol. The van der Waals surface area contributed by atoms with Gasteiger partial charge in [-0.05, 0) is 38.3 Å². The Morgan fingerprint density at radius 3 is 2.03 bits per heavy atom. The van der Waals surface area contributed by atoms with Crippen molar-refractivity contribution in [3.8, 4) is 5.75 Å². The van der Waals surface area contributed by atoms with Gasteiger partial charge in [0.05, 0.1) is 17.1 Å². The van der Waals surface area contributed by atoms with Gasteiger partial charge in [0.2, 0.25) is 17.7 Å². The van der Waals surface area contributed by atoms with Crippen molar-refractivity contribution >= 4 is 45.3 Å². The third-order valence-electron chi connectivity index (χ3n) is 5.14. The summed E-state index contributed by atoms with van der Waals surface area (Å²) in [4.78, 5) is 51.1. The molecule has 0 bridgehead atoms. The Kier molecular flexibility index (Phi) is 14.6. The summed E-state index contributed by atoms with van der Waals surface area (Å²) in [5, 5.41) is 27.4. The standard InChI is InChI=1S/C25H39N3O7S2/c1-7-36-37-19-11-9-8-10-18(19)35-20(31)13-26-24(33)21(16(5)29)28-25(34)22(17(6)30)27-23(32)15(4)12-14(2)3/h8-11,14-17,21-22,29-30H,7,12-13H2,1-6H3,(H,26,33)(H,27,32)(H,28,34)/t15-,16?,17?,21-,22-/m0/s1. The highest BCUT2D eigenvalue weighted by molar-refractivity contribution is 8.76. The molecule has 12 heteroatoms. The van der Waals surface area contributed by atoms with Crippen molar-refractivity contribution in [2.75, 3.05) is 12.3 Å². The SMILES string of the molecule is CCSSc1ccccc1OC(=O)CNC(=O)[C@@H](NC(=O)[C@@H](NC(=O)[C@@H](C)CC(C)C)C(C)O)C(C)O. The normalized spacial score (nSPS) is 15.2. The van der Waals surface area contributed by atoms with E-state index in [1.807, 2.05) is 32.9 Å². The van der Waals surface area contributed by atoms with Crippen LogP contribution in [0.1, 0.15) is 48.0 Å². The number of aliphatic hydroxyl groups excluding tert-OH is 2. The van der Waals surface area contributed by atoms with Gasteiger partial charge in [-0.2, -0.15) is 0 Å². The molecule has 0 saturated heterocycles. The molecule has 0 heterocycles. The molecule has 5 atom stereocenters. The Bertz CT molecular complexity index is 912. The zero-order chi connectivity index (χ0) is 28.1.